The van der Waals surface area contributed by atoms with Crippen molar-refractivity contribution in [2.75, 3.05) is 0 Å². The summed E-state index contributed by atoms with van der Waals surface area (Å²) in [6.07, 6.45) is 1.65. The summed E-state index contributed by atoms with van der Waals surface area (Å²) in [5.74, 6) is -0.0793. The molecule has 0 saturated heterocycles. The van der Waals surface area contributed by atoms with Crippen molar-refractivity contribution in [2.24, 2.45) is 0 Å². The largest absolute Gasteiger partial charge is 0.301 e. The SMILES string of the molecule is CCCc1cc(=O)[nH]c(SCc2ccc(C#N)cc2F)n1. The van der Waals surface area contributed by atoms with E-state index in [2.05, 4.69) is 9.97 Å². The third-order valence-corrected chi connectivity index (χ3v) is 3.75. The molecular weight excluding hydrogens is 289 g/mol. The molecule has 2 rings (SSSR count). The topological polar surface area (TPSA) is 69.5 Å². The second-order valence-corrected chi connectivity index (χ2v) is 5.46. The molecule has 0 atom stereocenters. The van der Waals surface area contributed by atoms with Gasteiger partial charge in [0.15, 0.2) is 5.16 Å². The Balaban J connectivity index is 2.13. The van der Waals surface area contributed by atoms with E-state index in [-0.39, 0.29) is 11.1 Å². The first-order chi connectivity index (χ1) is 10.1. The first kappa shape index (κ1) is 15.3. The number of aromatic nitrogens is 2. The molecule has 4 nitrogen and oxygen atoms in total. The molecule has 0 saturated carbocycles. The lowest BCUT2D eigenvalue weighted by Gasteiger charge is -2.05. The van der Waals surface area contributed by atoms with E-state index in [9.17, 15) is 9.18 Å². The van der Waals surface area contributed by atoms with Crippen LogP contribution in [0.25, 0.3) is 0 Å². The van der Waals surface area contributed by atoms with E-state index >= 15 is 0 Å². The standard InChI is InChI=1S/C15H14FN3OS/c1-2-3-12-7-14(20)19-15(18-12)21-9-11-5-4-10(8-17)6-13(11)16/h4-7H,2-3,9H2,1H3,(H,18,19,20). The summed E-state index contributed by atoms with van der Waals surface area (Å²) in [5, 5.41) is 9.18. The fourth-order valence-corrected chi connectivity index (χ4v) is 2.70. The highest BCUT2D eigenvalue weighted by Gasteiger charge is 2.07. The molecule has 0 aliphatic heterocycles. The van der Waals surface area contributed by atoms with Crippen LogP contribution in [0.4, 0.5) is 4.39 Å². The van der Waals surface area contributed by atoms with Gasteiger partial charge in [-0.15, -0.1) is 0 Å². The van der Waals surface area contributed by atoms with Crippen LogP contribution in [0.2, 0.25) is 0 Å². The van der Waals surface area contributed by atoms with E-state index in [1.54, 1.807) is 12.1 Å². The summed E-state index contributed by atoms with van der Waals surface area (Å²) in [4.78, 5) is 18.5. The van der Waals surface area contributed by atoms with Gasteiger partial charge in [-0.3, -0.25) is 4.79 Å². The highest BCUT2D eigenvalue weighted by molar-refractivity contribution is 7.98. The summed E-state index contributed by atoms with van der Waals surface area (Å²) in [6.45, 7) is 2.02. The first-order valence-corrected chi connectivity index (χ1v) is 7.52. The lowest BCUT2D eigenvalue weighted by Crippen LogP contribution is -2.10. The van der Waals surface area contributed by atoms with Gasteiger partial charge in [0.2, 0.25) is 0 Å². The molecule has 0 fully saturated rings. The summed E-state index contributed by atoms with van der Waals surface area (Å²) < 4.78 is 13.8. The maximum Gasteiger partial charge on any atom is 0.251 e. The van der Waals surface area contributed by atoms with Crippen LogP contribution in [0.15, 0.2) is 34.2 Å². The molecule has 0 aliphatic rings. The van der Waals surface area contributed by atoms with E-state index in [1.165, 1.54) is 23.9 Å². The van der Waals surface area contributed by atoms with Crippen molar-refractivity contribution in [2.45, 2.75) is 30.7 Å². The Hall–Kier alpha value is -2.13. The van der Waals surface area contributed by atoms with Crippen molar-refractivity contribution in [1.29, 1.82) is 5.26 Å². The summed E-state index contributed by atoms with van der Waals surface area (Å²) in [6, 6.07) is 7.73. The number of aryl methyl sites for hydroxylation is 1. The molecule has 2 aromatic rings. The molecule has 0 radical (unpaired) electrons. The van der Waals surface area contributed by atoms with Crippen LogP contribution in [0.1, 0.15) is 30.2 Å². The summed E-state index contributed by atoms with van der Waals surface area (Å²) in [7, 11) is 0. The second-order valence-electron chi connectivity index (χ2n) is 4.50. The normalized spacial score (nSPS) is 10.3. The maximum atomic E-state index is 13.8. The van der Waals surface area contributed by atoms with E-state index in [0.717, 1.165) is 18.5 Å². The molecule has 0 amide bonds. The van der Waals surface area contributed by atoms with Crippen molar-refractivity contribution in [1.82, 2.24) is 9.97 Å². The number of H-pyrrole nitrogens is 1. The zero-order valence-corrected chi connectivity index (χ0v) is 12.3. The van der Waals surface area contributed by atoms with E-state index in [1.807, 2.05) is 13.0 Å². The molecular formula is C15H14FN3OS. The zero-order valence-electron chi connectivity index (χ0n) is 11.5. The predicted octanol–water partition coefficient (Wildman–Crippen LogP) is 3.03. The first-order valence-electron chi connectivity index (χ1n) is 6.54. The fraction of sp³-hybridized carbons (Fsp3) is 0.267. The van der Waals surface area contributed by atoms with Crippen LogP contribution in [-0.4, -0.2) is 9.97 Å². The number of halogens is 1. The number of nitriles is 1. The quantitative estimate of drug-likeness (QED) is 0.681. The average Bonchev–Trinajstić information content (AvgIpc) is 2.45. The minimum absolute atomic E-state index is 0.198. The van der Waals surface area contributed by atoms with Crippen molar-refractivity contribution in [3.8, 4) is 6.07 Å². The minimum Gasteiger partial charge on any atom is -0.301 e. The van der Waals surface area contributed by atoms with E-state index in [4.69, 9.17) is 5.26 Å². The van der Waals surface area contributed by atoms with E-state index in [0.29, 0.717) is 16.5 Å². The molecule has 0 aliphatic carbocycles. The Bertz CT molecular complexity index is 736. The van der Waals surface area contributed by atoms with Gasteiger partial charge in [-0.1, -0.05) is 31.2 Å². The molecule has 1 N–H and O–H groups in total. The molecule has 0 bridgehead atoms. The Morgan fingerprint density at radius 3 is 2.90 bits per heavy atom. The Morgan fingerprint density at radius 2 is 2.24 bits per heavy atom. The van der Waals surface area contributed by atoms with Gasteiger partial charge in [0, 0.05) is 17.5 Å². The van der Waals surface area contributed by atoms with Crippen molar-refractivity contribution < 1.29 is 4.39 Å². The third-order valence-electron chi connectivity index (χ3n) is 2.83. The van der Waals surface area contributed by atoms with Crippen molar-refractivity contribution in [3.05, 3.63) is 57.3 Å². The smallest absolute Gasteiger partial charge is 0.251 e. The lowest BCUT2D eigenvalue weighted by molar-refractivity contribution is 0.616. The van der Waals surface area contributed by atoms with E-state index < -0.39 is 5.82 Å². The molecule has 108 valence electrons. The summed E-state index contributed by atoms with van der Waals surface area (Å²) in [5.41, 5.74) is 1.31. The Kier molecular flexibility index (Phi) is 5.12. The number of hydrogen-bond acceptors (Lipinski definition) is 4. The number of hydrogen-bond donors (Lipinski definition) is 1. The number of benzene rings is 1. The lowest BCUT2D eigenvalue weighted by atomic mass is 10.1. The van der Waals surface area contributed by atoms with Gasteiger partial charge in [0.25, 0.3) is 5.56 Å². The molecule has 1 heterocycles. The fourth-order valence-electron chi connectivity index (χ4n) is 1.82. The van der Waals surface area contributed by atoms with Gasteiger partial charge in [0.05, 0.1) is 11.6 Å². The van der Waals surface area contributed by atoms with Gasteiger partial charge in [0.1, 0.15) is 5.82 Å². The van der Waals surface area contributed by atoms with Gasteiger partial charge in [-0.05, 0) is 24.1 Å². The van der Waals surface area contributed by atoms with Crippen LogP contribution >= 0.6 is 11.8 Å². The number of thioether (sulfide) groups is 1. The van der Waals surface area contributed by atoms with Crippen LogP contribution in [0, 0.1) is 17.1 Å². The predicted molar refractivity (Wildman–Crippen MR) is 79.5 cm³/mol. The number of aromatic amines is 1. The van der Waals surface area contributed by atoms with Gasteiger partial charge in [-0.25, -0.2) is 9.37 Å². The number of rotatable bonds is 5. The highest BCUT2D eigenvalue weighted by Crippen LogP contribution is 2.21. The number of nitrogens with zero attached hydrogens (tertiary/aromatic N) is 2. The molecule has 6 heteroatoms. The zero-order chi connectivity index (χ0) is 15.2. The van der Waals surface area contributed by atoms with Crippen molar-refractivity contribution in [3.63, 3.8) is 0 Å². The third kappa shape index (κ3) is 4.17. The van der Waals surface area contributed by atoms with Crippen LogP contribution in [0.3, 0.4) is 0 Å². The molecule has 0 unspecified atom stereocenters. The Labute approximate surface area is 126 Å². The van der Waals surface area contributed by atoms with Crippen LogP contribution < -0.4 is 5.56 Å². The monoisotopic (exact) mass is 303 g/mol. The van der Waals surface area contributed by atoms with Gasteiger partial charge in [-0.2, -0.15) is 5.26 Å². The Morgan fingerprint density at radius 1 is 1.43 bits per heavy atom. The molecule has 21 heavy (non-hydrogen) atoms. The van der Waals surface area contributed by atoms with Crippen LogP contribution in [-0.2, 0) is 12.2 Å². The highest BCUT2D eigenvalue weighted by atomic mass is 32.2. The molecule has 1 aromatic carbocycles. The molecule has 0 spiro atoms. The minimum atomic E-state index is -0.423. The second kappa shape index (κ2) is 7.04. The van der Waals surface area contributed by atoms with Crippen LogP contribution in [0.5, 0.6) is 0 Å². The average molecular weight is 303 g/mol. The van der Waals surface area contributed by atoms with Gasteiger partial charge >= 0.3 is 0 Å². The summed E-state index contributed by atoms with van der Waals surface area (Å²) >= 11 is 1.27. The maximum absolute atomic E-state index is 13.8. The van der Waals surface area contributed by atoms with Gasteiger partial charge < -0.3 is 4.98 Å². The molecule has 1 aromatic heterocycles. The van der Waals surface area contributed by atoms with Crippen molar-refractivity contribution >= 4 is 11.8 Å². The number of nitrogens with one attached hydrogen (secondary N) is 1.